The van der Waals surface area contributed by atoms with Gasteiger partial charge in [0.05, 0.1) is 6.26 Å². The molecule has 0 saturated carbocycles. The quantitative estimate of drug-likeness (QED) is 0.490. The number of rotatable bonds is 8. The second-order valence-corrected chi connectivity index (χ2v) is 5.17. The number of sulfonamides is 1. The molecule has 0 aromatic heterocycles. The predicted octanol–water partition coefficient (Wildman–Crippen LogP) is -0.621. The highest BCUT2D eigenvalue weighted by atomic mass is 32.2. The molecule has 0 spiro atoms. The molecule has 0 amide bonds. The van der Waals surface area contributed by atoms with Gasteiger partial charge in [0.2, 0.25) is 10.0 Å². The lowest BCUT2D eigenvalue weighted by atomic mass is 10.1. The van der Waals surface area contributed by atoms with E-state index in [0.717, 1.165) is 6.26 Å². The SMILES string of the molecule is CNC(CCCCNS(C)(=O)=O)C(=O)O. The zero-order valence-corrected chi connectivity index (χ0v) is 9.80. The molecule has 0 aliphatic heterocycles. The Kier molecular flexibility index (Phi) is 6.46. The van der Waals surface area contributed by atoms with Crippen LogP contribution < -0.4 is 10.0 Å². The van der Waals surface area contributed by atoms with Crippen molar-refractivity contribution in [3.05, 3.63) is 0 Å². The Morgan fingerprint density at radius 3 is 2.40 bits per heavy atom. The van der Waals surface area contributed by atoms with Crippen LogP contribution in [0, 0.1) is 0 Å². The van der Waals surface area contributed by atoms with Crippen LogP contribution in [0.4, 0.5) is 0 Å². The number of hydrogen-bond acceptors (Lipinski definition) is 4. The van der Waals surface area contributed by atoms with Crippen molar-refractivity contribution in [3.63, 3.8) is 0 Å². The van der Waals surface area contributed by atoms with Gasteiger partial charge >= 0.3 is 5.97 Å². The lowest BCUT2D eigenvalue weighted by Crippen LogP contribution is -2.33. The standard InChI is InChI=1S/C8H18N2O4S/c1-9-7(8(11)12)5-3-4-6-10-15(2,13)14/h7,9-10H,3-6H2,1-2H3,(H,11,12). The zero-order chi connectivity index (χ0) is 11.9. The van der Waals surface area contributed by atoms with Gasteiger partial charge in [0, 0.05) is 6.54 Å². The number of aliphatic carboxylic acids is 1. The van der Waals surface area contributed by atoms with Gasteiger partial charge in [-0.2, -0.15) is 0 Å². The molecule has 90 valence electrons. The first-order valence-electron chi connectivity index (χ1n) is 4.71. The molecule has 0 aromatic carbocycles. The summed E-state index contributed by atoms with van der Waals surface area (Å²) in [6, 6.07) is -0.553. The maximum Gasteiger partial charge on any atom is 0.320 e. The second kappa shape index (κ2) is 6.76. The average molecular weight is 238 g/mol. The van der Waals surface area contributed by atoms with Crippen molar-refractivity contribution < 1.29 is 18.3 Å². The van der Waals surface area contributed by atoms with Gasteiger partial charge in [0.15, 0.2) is 0 Å². The van der Waals surface area contributed by atoms with Crippen LogP contribution in [0.5, 0.6) is 0 Å². The van der Waals surface area contributed by atoms with E-state index in [2.05, 4.69) is 10.0 Å². The van der Waals surface area contributed by atoms with Crippen LogP contribution in [0.25, 0.3) is 0 Å². The largest absolute Gasteiger partial charge is 0.480 e. The van der Waals surface area contributed by atoms with E-state index in [4.69, 9.17) is 5.11 Å². The van der Waals surface area contributed by atoms with Gasteiger partial charge in [-0.15, -0.1) is 0 Å². The summed E-state index contributed by atoms with van der Waals surface area (Å²) >= 11 is 0. The molecule has 0 fully saturated rings. The topological polar surface area (TPSA) is 95.5 Å². The lowest BCUT2D eigenvalue weighted by Gasteiger charge is -2.10. The van der Waals surface area contributed by atoms with Crippen LogP contribution in [-0.2, 0) is 14.8 Å². The number of carboxylic acid groups (broad SMARTS) is 1. The number of carbonyl (C=O) groups is 1. The summed E-state index contributed by atoms with van der Waals surface area (Å²) in [4.78, 5) is 10.6. The molecule has 0 aliphatic rings. The van der Waals surface area contributed by atoms with Crippen molar-refractivity contribution in [1.82, 2.24) is 10.0 Å². The summed E-state index contributed by atoms with van der Waals surface area (Å²) in [5, 5.41) is 11.4. The normalized spacial score (nSPS) is 13.7. The van der Waals surface area contributed by atoms with Crippen molar-refractivity contribution >= 4 is 16.0 Å². The van der Waals surface area contributed by atoms with Crippen molar-refractivity contribution in [3.8, 4) is 0 Å². The Labute approximate surface area is 90.1 Å². The van der Waals surface area contributed by atoms with Gasteiger partial charge in [0.25, 0.3) is 0 Å². The van der Waals surface area contributed by atoms with Crippen LogP contribution in [-0.4, -0.2) is 45.4 Å². The predicted molar refractivity (Wildman–Crippen MR) is 57.2 cm³/mol. The minimum Gasteiger partial charge on any atom is -0.480 e. The monoisotopic (exact) mass is 238 g/mol. The number of hydrogen-bond donors (Lipinski definition) is 3. The molecule has 6 nitrogen and oxygen atoms in total. The number of unbranched alkanes of at least 4 members (excludes halogenated alkanes) is 1. The van der Waals surface area contributed by atoms with E-state index >= 15 is 0 Å². The van der Waals surface area contributed by atoms with Gasteiger partial charge in [0.1, 0.15) is 6.04 Å². The van der Waals surface area contributed by atoms with Crippen molar-refractivity contribution in [2.24, 2.45) is 0 Å². The first-order chi connectivity index (χ1) is 6.87. The zero-order valence-electron chi connectivity index (χ0n) is 8.99. The van der Waals surface area contributed by atoms with Gasteiger partial charge in [-0.25, -0.2) is 13.1 Å². The van der Waals surface area contributed by atoms with Crippen LogP contribution in [0.1, 0.15) is 19.3 Å². The molecular formula is C8H18N2O4S. The molecule has 7 heteroatoms. The van der Waals surface area contributed by atoms with E-state index in [1.54, 1.807) is 7.05 Å². The lowest BCUT2D eigenvalue weighted by molar-refractivity contribution is -0.139. The fourth-order valence-corrected chi connectivity index (χ4v) is 1.64. The minimum absolute atomic E-state index is 0.356. The van der Waals surface area contributed by atoms with E-state index in [1.807, 2.05) is 0 Å². The third-order valence-corrected chi connectivity index (χ3v) is 2.66. The first kappa shape index (κ1) is 14.3. The Balaban J connectivity index is 3.58. The molecule has 0 bridgehead atoms. The van der Waals surface area contributed by atoms with Crippen LogP contribution in [0.2, 0.25) is 0 Å². The molecule has 0 aliphatic carbocycles. The van der Waals surface area contributed by atoms with Gasteiger partial charge < -0.3 is 10.4 Å². The number of likely N-dealkylation sites (N-methyl/N-ethyl adjacent to an activating group) is 1. The molecule has 0 heterocycles. The summed E-state index contributed by atoms with van der Waals surface area (Å²) in [6.07, 6.45) is 2.90. The fourth-order valence-electron chi connectivity index (χ4n) is 1.12. The highest BCUT2D eigenvalue weighted by molar-refractivity contribution is 7.88. The first-order valence-corrected chi connectivity index (χ1v) is 6.60. The molecule has 0 aromatic rings. The summed E-state index contributed by atoms with van der Waals surface area (Å²) in [6.45, 7) is 0.356. The molecule has 1 unspecified atom stereocenters. The van der Waals surface area contributed by atoms with E-state index in [1.165, 1.54) is 0 Å². The Bertz CT molecular complexity index is 289. The van der Waals surface area contributed by atoms with Crippen molar-refractivity contribution in [1.29, 1.82) is 0 Å². The highest BCUT2D eigenvalue weighted by Crippen LogP contribution is 2.00. The van der Waals surface area contributed by atoms with Crippen LogP contribution in [0.15, 0.2) is 0 Å². The number of nitrogens with one attached hydrogen (secondary N) is 2. The van der Waals surface area contributed by atoms with Crippen molar-refractivity contribution in [2.45, 2.75) is 25.3 Å². The summed E-state index contributed by atoms with van der Waals surface area (Å²) < 4.78 is 23.7. The minimum atomic E-state index is -3.13. The Morgan fingerprint density at radius 1 is 1.40 bits per heavy atom. The average Bonchev–Trinajstić information content (AvgIpc) is 2.08. The van der Waals surface area contributed by atoms with Crippen molar-refractivity contribution in [2.75, 3.05) is 19.8 Å². The van der Waals surface area contributed by atoms with Gasteiger partial charge in [-0.3, -0.25) is 4.79 Å². The van der Waals surface area contributed by atoms with E-state index < -0.39 is 22.0 Å². The van der Waals surface area contributed by atoms with Gasteiger partial charge in [-0.05, 0) is 26.3 Å². The molecule has 15 heavy (non-hydrogen) atoms. The van der Waals surface area contributed by atoms with E-state index in [-0.39, 0.29) is 0 Å². The maximum atomic E-state index is 10.7. The summed E-state index contributed by atoms with van der Waals surface area (Å²) in [5.41, 5.74) is 0. The molecule has 1 atom stereocenters. The smallest absolute Gasteiger partial charge is 0.320 e. The Morgan fingerprint density at radius 2 is 2.00 bits per heavy atom. The molecule has 0 saturated heterocycles. The molecule has 0 rings (SSSR count). The maximum absolute atomic E-state index is 10.7. The Hall–Kier alpha value is -0.660. The molecule has 0 radical (unpaired) electrons. The molecular weight excluding hydrogens is 220 g/mol. The second-order valence-electron chi connectivity index (χ2n) is 3.34. The van der Waals surface area contributed by atoms with Crippen LogP contribution >= 0.6 is 0 Å². The summed E-state index contributed by atoms with van der Waals surface area (Å²) in [5.74, 6) is -0.881. The fraction of sp³-hybridized carbons (Fsp3) is 0.875. The van der Waals surface area contributed by atoms with Crippen LogP contribution in [0.3, 0.4) is 0 Å². The van der Waals surface area contributed by atoms with Gasteiger partial charge in [-0.1, -0.05) is 0 Å². The third-order valence-electron chi connectivity index (χ3n) is 1.93. The number of carboxylic acids is 1. The van der Waals surface area contributed by atoms with E-state index in [9.17, 15) is 13.2 Å². The third kappa shape index (κ3) is 8.34. The van der Waals surface area contributed by atoms with E-state index in [0.29, 0.717) is 25.8 Å². The highest BCUT2D eigenvalue weighted by Gasteiger charge is 2.13. The summed E-state index contributed by atoms with van der Waals surface area (Å²) in [7, 11) is -1.54. The molecule has 3 N–H and O–H groups in total.